The Bertz CT molecular complexity index is 453. The van der Waals surface area contributed by atoms with Crippen LogP contribution < -0.4 is 0 Å². The Morgan fingerprint density at radius 3 is 2.35 bits per heavy atom. The first kappa shape index (κ1) is 20.2. The van der Waals surface area contributed by atoms with Crippen molar-refractivity contribution in [2.24, 2.45) is 22.7 Å². The molecule has 3 fully saturated rings. The zero-order chi connectivity index (χ0) is 18.6. The molecule has 0 heterocycles. The van der Waals surface area contributed by atoms with E-state index in [1.54, 1.807) is 0 Å². The molecule has 0 aromatic carbocycles. The smallest absolute Gasteiger partial charge is 0.309 e. The highest BCUT2D eigenvalue weighted by Gasteiger charge is 2.49. The number of hydrogen-bond donors (Lipinski definition) is 0. The van der Waals surface area contributed by atoms with Gasteiger partial charge in [-0.2, -0.15) is 0 Å². The van der Waals surface area contributed by atoms with Crippen molar-refractivity contribution in [1.82, 2.24) is 0 Å². The van der Waals surface area contributed by atoms with Gasteiger partial charge in [-0.25, -0.2) is 0 Å². The summed E-state index contributed by atoms with van der Waals surface area (Å²) in [6.07, 6.45) is 19.0. The molecule has 3 saturated carbocycles. The van der Waals surface area contributed by atoms with E-state index in [2.05, 4.69) is 20.8 Å². The van der Waals surface area contributed by atoms with E-state index in [-0.39, 0.29) is 23.4 Å². The summed E-state index contributed by atoms with van der Waals surface area (Å²) in [5.74, 6) is 1.29. The van der Waals surface area contributed by atoms with Crippen molar-refractivity contribution in [2.45, 2.75) is 123 Å². The van der Waals surface area contributed by atoms with Gasteiger partial charge in [-0.15, -0.1) is 0 Å². The van der Waals surface area contributed by atoms with Gasteiger partial charge in [0.25, 0.3) is 0 Å². The summed E-state index contributed by atoms with van der Waals surface area (Å²) in [5, 5.41) is 0. The Labute approximate surface area is 161 Å². The maximum Gasteiger partial charge on any atom is 0.309 e. The van der Waals surface area contributed by atoms with Crippen LogP contribution in [0.25, 0.3) is 0 Å². The van der Waals surface area contributed by atoms with Gasteiger partial charge in [-0.1, -0.05) is 52.9 Å². The normalized spacial score (nSPS) is 30.5. The van der Waals surface area contributed by atoms with Gasteiger partial charge in [0.15, 0.2) is 0 Å². The predicted octanol–water partition coefficient (Wildman–Crippen LogP) is 7.06. The molecule has 150 valence electrons. The highest BCUT2D eigenvalue weighted by atomic mass is 16.5. The number of rotatable bonds is 9. The topological polar surface area (TPSA) is 26.3 Å². The molecule has 3 aliphatic carbocycles. The van der Waals surface area contributed by atoms with E-state index in [0.717, 1.165) is 25.2 Å². The monoisotopic (exact) mass is 362 g/mol. The molecule has 0 aromatic heterocycles. The molecular weight excluding hydrogens is 320 g/mol. The average Bonchev–Trinajstić information content (AvgIpc) is 3.21. The Hall–Kier alpha value is -0.530. The summed E-state index contributed by atoms with van der Waals surface area (Å²) >= 11 is 0. The summed E-state index contributed by atoms with van der Waals surface area (Å²) in [4.78, 5) is 12.9. The van der Waals surface area contributed by atoms with E-state index in [9.17, 15) is 4.79 Å². The third kappa shape index (κ3) is 4.84. The fraction of sp³-hybridized carbons (Fsp3) is 0.958. The first-order valence-corrected chi connectivity index (χ1v) is 11.6. The maximum atomic E-state index is 12.9. The third-order valence-electron chi connectivity index (χ3n) is 7.86. The van der Waals surface area contributed by atoms with Crippen LogP contribution in [0.4, 0.5) is 0 Å². The molecular formula is C24H42O2. The van der Waals surface area contributed by atoms with Crippen LogP contribution >= 0.6 is 0 Å². The van der Waals surface area contributed by atoms with Crippen LogP contribution in [-0.4, -0.2) is 12.1 Å². The van der Waals surface area contributed by atoms with Gasteiger partial charge in [0.05, 0.1) is 5.92 Å². The summed E-state index contributed by atoms with van der Waals surface area (Å²) in [6, 6.07) is 0. The van der Waals surface area contributed by atoms with Crippen LogP contribution in [0.1, 0.15) is 117 Å². The van der Waals surface area contributed by atoms with Crippen molar-refractivity contribution < 1.29 is 9.53 Å². The van der Waals surface area contributed by atoms with Gasteiger partial charge in [0.1, 0.15) is 6.10 Å². The standard InChI is InChI=1S/C24H42O2/c1-4-5-7-12-21(26-22(25)20-10-8-6-9-11-20)23(2,3)18-24-15-13-19(17-24)14-16-24/h19-21H,4-18H2,1-3H3. The van der Waals surface area contributed by atoms with Gasteiger partial charge < -0.3 is 4.74 Å². The van der Waals surface area contributed by atoms with E-state index >= 15 is 0 Å². The van der Waals surface area contributed by atoms with Crippen molar-refractivity contribution in [3.8, 4) is 0 Å². The van der Waals surface area contributed by atoms with Crippen LogP contribution in [0.2, 0.25) is 0 Å². The number of carbonyl (C=O) groups is 1. The first-order chi connectivity index (χ1) is 12.4. The zero-order valence-corrected chi connectivity index (χ0v) is 17.7. The minimum Gasteiger partial charge on any atom is -0.462 e. The van der Waals surface area contributed by atoms with Crippen molar-refractivity contribution in [3.63, 3.8) is 0 Å². The number of carbonyl (C=O) groups excluding carboxylic acids is 1. The fourth-order valence-electron chi connectivity index (χ4n) is 6.40. The Kier molecular flexibility index (Phi) is 6.73. The Morgan fingerprint density at radius 2 is 1.77 bits per heavy atom. The fourth-order valence-corrected chi connectivity index (χ4v) is 6.40. The highest BCUT2D eigenvalue weighted by Crippen LogP contribution is 2.59. The summed E-state index contributed by atoms with van der Waals surface area (Å²) in [6.45, 7) is 7.03. The lowest BCUT2D eigenvalue weighted by Crippen LogP contribution is -2.39. The lowest BCUT2D eigenvalue weighted by molar-refractivity contribution is -0.163. The molecule has 0 amide bonds. The lowest BCUT2D eigenvalue weighted by Gasteiger charge is -2.41. The van der Waals surface area contributed by atoms with Gasteiger partial charge in [-0.05, 0) is 75.5 Å². The predicted molar refractivity (Wildman–Crippen MR) is 108 cm³/mol. The number of esters is 1. The van der Waals surface area contributed by atoms with Crippen molar-refractivity contribution in [2.75, 3.05) is 0 Å². The van der Waals surface area contributed by atoms with Crippen LogP contribution in [0.15, 0.2) is 0 Å². The Balaban J connectivity index is 1.63. The second kappa shape index (κ2) is 8.65. The van der Waals surface area contributed by atoms with E-state index in [1.165, 1.54) is 77.0 Å². The van der Waals surface area contributed by atoms with E-state index in [1.807, 2.05) is 0 Å². The molecule has 26 heavy (non-hydrogen) atoms. The third-order valence-corrected chi connectivity index (χ3v) is 7.86. The number of hydrogen-bond acceptors (Lipinski definition) is 2. The molecule has 1 unspecified atom stereocenters. The molecule has 0 aromatic rings. The van der Waals surface area contributed by atoms with Crippen molar-refractivity contribution in [1.29, 1.82) is 0 Å². The van der Waals surface area contributed by atoms with Crippen LogP contribution in [0.5, 0.6) is 0 Å². The largest absolute Gasteiger partial charge is 0.462 e. The van der Waals surface area contributed by atoms with E-state index in [0.29, 0.717) is 5.41 Å². The molecule has 0 radical (unpaired) electrons. The van der Waals surface area contributed by atoms with Crippen molar-refractivity contribution >= 4 is 5.97 Å². The highest BCUT2D eigenvalue weighted by molar-refractivity contribution is 5.72. The second-order valence-corrected chi connectivity index (χ2v) is 10.6. The summed E-state index contributed by atoms with van der Waals surface area (Å²) in [5.41, 5.74) is 0.672. The van der Waals surface area contributed by atoms with Gasteiger partial charge in [0, 0.05) is 5.41 Å². The maximum absolute atomic E-state index is 12.9. The number of fused-ring (bicyclic) bond motifs is 2. The molecule has 0 spiro atoms. The van der Waals surface area contributed by atoms with Gasteiger partial charge in [-0.3, -0.25) is 4.79 Å². The number of ether oxygens (including phenoxy) is 1. The molecule has 3 rings (SSSR count). The van der Waals surface area contributed by atoms with Gasteiger partial charge >= 0.3 is 5.97 Å². The van der Waals surface area contributed by atoms with E-state index in [4.69, 9.17) is 4.74 Å². The van der Waals surface area contributed by atoms with E-state index < -0.39 is 0 Å². The molecule has 2 bridgehead atoms. The second-order valence-electron chi connectivity index (χ2n) is 10.6. The quantitative estimate of drug-likeness (QED) is 0.324. The minimum absolute atomic E-state index is 0.108. The van der Waals surface area contributed by atoms with Crippen LogP contribution in [-0.2, 0) is 9.53 Å². The summed E-state index contributed by atoms with van der Waals surface area (Å²) < 4.78 is 6.28. The van der Waals surface area contributed by atoms with Gasteiger partial charge in [0.2, 0.25) is 0 Å². The first-order valence-electron chi connectivity index (χ1n) is 11.6. The molecule has 0 aliphatic heterocycles. The average molecular weight is 363 g/mol. The molecule has 0 N–H and O–H groups in total. The molecule has 3 aliphatic rings. The minimum atomic E-state index is 0.108. The van der Waals surface area contributed by atoms with Crippen LogP contribution in [0.3, 0.4) is 0 Å². The summed E-state index contributed by atoms with van der Waals surface area (Å²) in [7, 11) is 0. The zero-order valence-electron chi connectivity index (χ0n) is 17.7. The Morgan fingerprint density at radius 1 is 1.08 bits per heavy atom. The lowest BCUT2D eigenvalue weighted by atomic mass is 9.68. The molecule has 2 nitrogen and oxygen atoms in total. The van der Waals surface area contributed by atoms with Crippen LogP contribution in [0, 0.1) is 22.7 Å². The molecule has 0 saturated heterocycles. The number of unbranched alkanes of at least 4 members (excludes halogenated alkanes) is 2. The molecule has 2 heteroatoms. The molecule has 1 atom stereocenters. The van der Waals surface area contributed by atoms with Crippen molar-refractivity contribution in [3.05, 3.63) is 0 Å². The SMILES string of the molecule is CCCCCC(OC(=O)C1CCCCC1)C(C)(C)CC12CCC(CC1)C2.